The van der Waals surface area contributed by atoms with Crippen LogP contribution in [-0.2, 0) is 42.8 Å². The zero-order valence-electron chi connectivity index (χ0n) is 31.3. The maximum atomic E-state index is 12.5. The smallest absolute Gasteiger partial charge is 0.330 e. The Bertz CT molecular complexity index is 2120. The highest BCUT2D eigenvalue weighted by molar-refractivity contribution is 5.90. The summed E-state index contributed by atoms with van der Waals surface area (Å²) in [5.74, 6) is -7.48. The number of aromatic hydroxyl groups is 4. The van der Waals surface area contributed by atoms with Crippen molar-refractivity contribution in [2.75, 3.05) is 13.2 Å². The van der Waals surface area contributed by atoms with Gasteiger partial charge in [0.05, 0.1) is 17.2 Å². The van der Waals surface area contributed by atoms with Gasteiger partial charge in [-0.25, -0.2) is 4.79 Å². The van der Waals surface area contributed by atoms with Crippen LogP contribution in [0.4, 0.5) is 0 Å². The first-order chi connectivity index (χ1) is 28.9. The summed E-state index contributed by atoms with van der Waals surface area (Å²) in [7, 11) is 0. The molecule has 61 heavy (non-hydrogen) atoms. The van der Waals surface area contributed by atoms with Gasteiger partial charge in [-0.2, -0.15) is 0 Å². The van der Waals surface area contributed by atoms with Gasteiger partial charge in [0.15, 0.2) is 17.2 Å². The van der Waals surface area contributed by atoms with Gasteiger partial charge < -0.3 is 94.4 Å². The van der Waals surface area contributed by atoms with Crippen molar-refractivity contribution in [2.24, 2.45) is 0 Å². The lowest BCUT2D eigenvalue weighted by molar-refractivity contribution is -0.292. The first kappa shape index (κ1) is 44.2. The van der Waals surface area contributed by atoms with Gasteiger partial charge in [-0.1, -0.05) is 12.1 Å². The summed E-state index contributed by atoms with van der Waals surface area (Å²) in [4.78, 5) is 35.2. The first-order valence-electron chi connectivity index (χ1n) is 18.2. The van der Waals surface area contributed by atoms with Gasteiger partial charge in [-0.05, 0) is 23.8 Å². The Morgan fingerprint density at radius 2 is 1.30 bits per heavy atom. The second-order valence-electron chi connectivity index (χ2n) is 13.9. The quantitative estimate of drug-likeness (QED) is 0.0350. The number of phenolic OH excluding ortho intramolecular Hbond substituents is 4. The number of benzene rings is 2. The Morgan fingerprint density at radius 1 is 0.721 bits per heavy atom. The van der Waals surface area contributed by atoms with Crippen molar-refractivity contribution < 1.29 is 109 Å². The minimum Gasteiger partial charge on any atom is -0.571 e. The van der Waals surface area contributed by atoms with Gasteiger partial charge in [0.2, 0.25) is 24.4 Å². The molecule has 1 unspecified atom stereocenters. The molecule has 2 saturated heterocycles. The molecule has 328 valence electrons. The molecule has 0 spiro atoms. The second kappa shape index (κ2) is 18.5. The lowest BCUT2D eigenvalue weighted by Crippen LogP contribution is -2.59. The molecule has 2 aromatic carbocycles. The molecular weight excluding hydrogens is 820 g/mol. The largest absolute Gasteiger partial charge is 0.571 e. The van der Waals surface area contributed by atoms with Crippen molar-refractivity contribution >= 4 is 29.7 Å². The summed E-state index contributed by atoms with van der Waals surface area (Å²) in [5.41, 5.74) is 0.418. The van der Waals surface area contributed by atoms with Crippen molar-refractivity contribution in [3.05, 3.63) is 94.7 Å². The highest BCUT2D eigenvalue weighted by Crippen LogP contribution is 2.43. The average molecular weight is 862 g/mol. The van der Waals surface area contributed by atoms with E-state index >= 15 is 0 Å². The molecule has 3 heterocycles. The fraction of sp³-hybridized carbons (Fsp3) is 0.359. The Kier molecular flexibility index (Phi) is 13.4. The third-order valence-corrected chi connectivity index (χ3v) is 9.56. The number of carboxylic acids is 1. The number of esters is 2. The van der Waals surface area contributed by atoms with Crippen molar-refractivity contribution in [1.29, 1.82) is 0 Å². The molecule has 0 radical (unpaired) electrons. The summed E-state index contributed by atoms with van der Waals surface area (Å²) >= 11 is 0. The van der Waals surface area contributed by atoms with Crippen LogP contribution in [0.1, 0.15) is 17.5 Å². The van der Waals surface area contributed by atoms with Crippen molar-refractivity contribution in [1.82, 2.24) is 0 Å². The SMILES string of the molecule is O=C(O)CC(=O)OC[C@H]1O[C@@H](OC2=CC(O)=CC3[OH+]C(c4cc(O)c(O)c(O)c4)=C(O[C@@H]4O[C@H](COC(=O)/C=C/c5ccc(O)cc5)[C@@H](O)[C@H](O)[C@H]4O)C=C23)[C@H](O)[C@@H](O)[C@@H]1O. The van der Waals surface area contributed by atoms with Gasteiger partial charge >= 0.3 is 23.7 Å². The van der Waals surface area contributed by atoms with Crippen molar-refractivity contribution in [3.8, 4) is 23.0 Å². The number of hydrogen-bond acceptors (Lipinski definition) is 20. The van der Waals surface area contributed by atoms with Crippen LogP contribution in [-0.4, -0.2) is 165 Å². The van der Waals surface area contributed by atoms with E-state index in [1.54, 1.807) is 0 Å². The summed E-state index contributed by atoms with van der Waals surface area (Å²) < 4.78 is 37.7. The van der Waals surface area contributed by atoms with Crippen LogP contribution < -0.4 is 0 Å². The molecule has 4 aliphatic rings. The molecule has 6 rings (SSSR count). The molecule has 13 N–H and O–H groups in total. The number of phenols is 4. The molecule has 22 nitrogen and oxygen atoms in total. The monoisotopic (exact) mass is 861 g/mol. The average Bonchev–Trinajstić information content (AvgIpc) is 3.21. The number of carbonyl (C=O) groups excluding carboxylic acids is 2. The zero-order chi connectivity index (χ0) is 44.3. The van der Waals surface area contributed by atoms with Crippen LogP contribution in [0.25, 0.3) is 11.8 Å². The summed E-state index contributed by atoms with van der Waals surface area (Å²) in [6.07, 6.45) is -14.8. The first-order valence-corrected chi connectivity index (χ1v) is 18.2. The van der Waals surface area contributed by atoms with E-state index in [1.807, 2.05) is 0 Å². The number of rotatable bonds is 13. The standard InChI is InChI=1S/C39H40O22/c40-17-4-1-15(2-5-17)3-6-28(46)55-13-25-31(49)34(52)36(54)39(61-25)59-24-11-19-22(57-37(24)16-7-20(42)30(48)21(43)8-16)9-18(41)10-23(19)58-38-35(53)33(51)32(50)26(60-38)14-56-29(47)12-27(44)45/h1-11,22,25-26,31-36,38-43,48-54H,12-14H2,(H,44,45)/p+1/b6-3+/t22?,25-,26-,31-,32-,33+,34+,35-,36-,38-,39-/m1/s1. The number of carbonyl (C=O) groups is 3. The fourth-order valence-corrected chi connectivity index (χ4v) is 6.35. The fourth-order valence-electron chi connectivity index (χ4n) is 6.35. The third-order valence-electron chi connectivity index (χ3n) is 9.56. The van der Waals surface area contributed by atoms with Gasteiger partial charge in [0.25, 0.3) is 0 Å². The minimum absolute atomic E-state index is 0.00129. The minimum atomic E-state index is -2.00. The van der Waals surface area contributed by atoms with Gasteiger partial charge in [-0.3, -0.25) is 9.59 Å². The number of allylic oxidation sites excluding steroid dienone is 2. The molecule has 0 bridgehead atoms. The van der Waals surface area contributed by atoms with E-state index in [2.05, 4.69) is 4.74 Å². The normalized spacial score (nSPS) is 29.9. The molecule has 11 atom stereocenters. The summed E-state index contributed by atoms with van der Waals surface area (Å²) in [6, 6.07) is 7.79. The number of aliphatic hydroxyl groups is 9. The van der Waals surface area contributed by atoms with Crippen LogP contribution in [0, 0.1) is 0 Å². The van der Waals surface area contributed by atoms with Crippen LogP contribution in [0.5, 0.6) is 23.0 Å². The van der Waals surface area contributed by atoms with Crippen LogP contribution in [0.15, 0.2) is 83.6 Å². The highest BCUT2D eigenvalue weighted by Gasteiger charge is 2.49. The molecule has 0 aromatic heterocycles. The lowest BCUT2D eigenvalue weighted by atomic mass is 9.96. The second-order valence-corrected chi connectivity index (χ2v) is 13.9. The van der Waals surface area contributed by atoms with E-state index in [0.29, 0.717) is 5.56 Å². The molecule has 0 amide bonds. The number of aliphatic hydroxyl groups excluding tert-OH is 7. The molecule has 1 aliphatic carbocycles. The lowest BCUT2D eigenvalue weighted by Gasteiger charge is -2.41. The summed E-state index contributed by atoms with van der Waals surface area (Å²) in [6.45, 7) is -1.45. The Labute approximate surface area is 343 Å². The van der Waals surface area contributed by atoms with Crippen LogP contribution in [0.2, 0.25) is 0 Å². The highest BCUT2D eigenvalue weighted by atomic mass is 16.7. The molecule has 3 aliphatic heterocycles. The summed E-state index contributed by atoms with van der Waals surface area (Å²) in [5, 5.41) is 124. The van der Waals surface area contributed by atoms with Crippen LogP contribution in [0.3, 0.4) is 0 Å². The van der Waals surface area contributed by atoms with Gasteiger partial charge in [0.1, 0.15) is 85.7 Å². The van der Waals surface area contributed by atoms with Crippen molar-refractivity contribution in [3.63, 3.8) is 0 Å². The topological polar surface area (TPSA) is 362 Å². The van der Waals surface area contributed by atoms with E-state index < -0.39 is 128 Å². The van der Waals surface area contributed by atoms with E-state index in [1.165, 1.54) is 42.5 Å². The molecule has 22 heteroatoms. The molecule has 2 fully saturated rings. The Balaban J connectivity index is 1.27. The third kappa shape index (κ3) is 10.2. The van der Waals surface area contributed by atoms with E-state index in [0.717, 1.165) is 24.3 Å². The van der Waals surface area contributed by atoms with Gasteiger partial charge in [0, 0.05) is 30.4 Å². The van der Waals surface area contributed by atoms with Crippen molar-refractivity contribution in [2.45, 2.75) is 73.9 Å². The number of hydrogen-bond donors (Lipinski definition) is 12. The maximum absolute atomic E-state index is 12.5. The molecule has 0 saturated carbocycles. The molecular formula is C39H41O22+. The predicted molar refractivity (Wildman–Crippen MR) is 198 cm³/mol. The number of ether oxygens (including phenoxy) is 7. The number of aliphatic carboxylic acids is 1. The predicted octanol–water partition coefficient (Wildman–Crippen LogP) is -1.72. The van der Waals surface area contributed by atoms with Gasteiger partial charge in [-0.15, -0.1) is 0 Å². The Hall–Kier alpha value is -6.37. The van der Waals surface area contributed by atoms with E-state index in [4.69, 9.17) is 33.5 Å². The number of fused-ring (bicyclic) bond motifs is 1. The Morgan fingerprint density at radius 3 is 1.89 bits per heavy atom. The van der Waals surface area contributed by atoms with E-state index in [9.17, 15) is 70.6 Å². The van der Waals surface area contributed by atoms with E-state index in [-0.39, 0.29) is 34.2 Å². The molecule has 2 aromatic rings. The van der Waals surface area contributed by atoms with Crippen LogP contribution >= 0.6 is 0 Å². The maximum Gasteiger partial charge on any atom is 0.330 e. The number of carboxylic acid groups (broad SMARTS) is 1. The zero-order valence-corrected chi connectivity index (χ0v) is 31.3.